The van der Waals surface area contributed by atoms with Crippen LogP contribution in [0.25, 0.3) is 0 Å². The molecule has 0 amide bonds. The molecule has 1 aromatic carbocycles. The molecule has 0 saturated carbocycles. The highest BCUT2D eigenvalue weighted by Gasteiger charge is 2.22. The van der Waals surface area contributed by atoms with E-state index in [1.807, 2.05) is 12.1 Å². The summed E-state index contributed by atoms with van der Waals surface area (Å²) < 4.78 is 5.75. The van der Waals surface area contributed by atoms with Crippen LogP contribution in [-0.2, 0) is 4.74 Å². The minimum Gasteiger partial charge on any atom is -0.375 e. The minimum atomic E-state index is 0.221. The Morgan fingerprint density at radius 2 is 2.20 bits per heavy atom. The summed E-state index contributed by atoms with van der Waals surface area (Å²) in [5, 5.41) is 3.35. The third kappa shape index (κ3) is 2.46. The molecule has 0 aliphatic carbocycles. The lowest BCUT2D eigenvalue weighted by atomic mass is 9.93. The normalized spacial score (nSPS) is 23.3. The first-order chi connectivity index (χ1) is 7.42. The molecule has 1 heterocycles. The Kier molecular flexibility index (Phi) is 3.54. The van der Waals surface area contributed by atoms with Crippen molar-refractivity contribution >= 4 is 0 Å². The molecule has 2 unspecified atom stereocenters. The number of benzene rings is 1. The summed E-state index contributed by atoms with van der Waals surface area (Å²) in [5.74, 6) is 0.291. The van der Waals surface area contributed by atoms with Crippen LogP contribution in [0.3, 0.4) is 0 Å². The highest BCUT2D eigenvalue weighted by molar-refractivity contribution is 5.25. The summed E-state index contributed by atoms with van der Waals surface area (Å²) in [6, 6.07) is 10.4. The van der Waals surface area contributed by atoms with Crippen molar-refractivity contribution in [3.05, 3.63) is 48.6 Å². The first-order valence-corrected chi connectivity index (χ1v) is 5.41. The van der Waals surface area contributed by atoms with E-state index in [4.69, 9.17) is 4.74 Å². The molecule has 1 N–H and O–H groups in total. The van der Waals surface area contributed by atoms with Crippen LogP contribution in [0.4, 0.5) is 0 Å². The Morgan fingerprint density at radius 1 is 1.40 bits per heavy atom. The Labute approximate surface area is 91.0 Å². The van der Waals surface area contributed by atoms with Gasteiger partial charge in [0, 0.05) is 19.0 Å². The molecule has 2 heteroatoms. The summed E-state index contributed by atoms with van der Waals surface area (Å²) in [5.41, 5.74) is 1.28. The van der Waals surface area contributed by atoms with Crippen LogP contribution in [0.2, 0.25) is 0 Å². The molecule has 1 aliphatic heterocycles. The van der Waals surface area contributed by atoms with Gasteiger partial charge in [0.05, 0.1) is 12.7 Å². The second-order valence-corrected chi connectivity index (χ2v) is 3.79. The van der Waals surface area contributed by atoms with E-state index in [0.717, 1.165) is 19.7 Å². The number of hydrogen-bond donors (Lipinski definition) is 1. The van der Waals surface area contributed by atoms with Crippen LogP contribution in [0, 0.1) is 0 Å². The van der Waals surface area contributed by atoms with E-state index in [1.54, 1.807) is 0 Å². The van der Waals surface area contributed by atoms with Gasteiger partial charge in [-0.15, -0.1) is 6.58 Å². The van der Waals surface area contributed by atoms with Gasteiger partial charge in [-0.25, -0.2) is 0 Å². The van der Waals surface area contributed by atoms with Crippen LogP contribution < -0.4 is 5.32 Å². The molecule has 0 radical (unpaired) electrons. The maximum atomic E-state index is 5.75. The van der Waals surface area contributed by atoms with E-state index >= 15 is 0 Å². The zero-order valence-electron chi connectivity index (χ0n) is 8.86. The second-order valence-electron chi connectivity index (χ2n) is 3.79. The van der Waals surface area contributed by atoms with Crippen molar-refractivity contribution in [3.63, 3.8) is 0 Å². The van der Waals surface area contributed by atoms with Crippen molar-refractivity contribution in [2.24, 2.45) is 0 Å². The Morgan fingerprint density at radius 3 is 2.80 bits per heavy atom. The molecule has 2 rings (SSSR count). The van der Waals surface area contributed by atoms with Crippen molar-refractivity contribution in [2.75, 3.05) is 19.7 Å². The Hall–Kier alpha value is -1.12. The molecule has 1 aromatic rings. The number of morpholine rings is 1. The molecular weight excluding hydrogens is 186 g/mol. The molecule has 0 aromatic heterocycles. The van der Waals surface area contributed by atoms with E-state index in [2.05, 4.69) is 36.2 Å². The fraction of sp³-hybridized carbons (Fsp3) is 0.385. The molecule has 1 saturated heterocycles. The number of nitrogens with one attached hydrogen (secondary N) is 1. The molecule has 2 atom stereocenters. The monoisotopic (exact) mass is 203 g/mol. The molecule has 2 nitrogen and oxygen atoms in total. The standard InChI is InChI=1S/C13H17NO/c1-2-12(11-6-4-3-5-7-11)13-10-14-8-9-15-13/h2-7,12-14H,1,8-10H2. The molecule has 15 heavy (non-hydrogen) atoms. The minimum absolute atomic E-state index is 0.221. The van der Waals surface area contributed by atoms with Gasteiger partial charge < -0.3 is 10.1 Å². The Bertz CT molecular complexity index is 304. The lowest BCUT2D eigenvalue weighted by Gasteiger charge is -2.29. The summed E-state index contributed by atoms with van der Waals surface area (Å²) >= 11 is 0. The average Bonchev–Trinajstić information content (AvgIpc) is 2.33. The maximum Gasteiger partial charge on any atom is 0.0802 e. The lowest BCUT2D eigenvalue weighted by molar-refractivity contribution is 0.0201. The molecule has 1 fully saturated rings. The highest BCUT2D eigenvalue weighted by atomic mass is 16.5. The van der Waals surface area contributed by atoms with Crippen LogP contribution in [0.1, 0.15) is 11.5 Å². The fourth-order valence-corrected chi connectivity index (χ4v) is 1.99. The number of hydrogen-bond acceptors (Lipinski definition) is 2. The van der Waals surface area contributed by atoms with Gasteiger partial charge in [0.2, 0.25) is 0 Å². The molecular formula is C13H17NO. The number of ether oxygens (including phenoxy) is 1. The molecule has 0 spiro atoms. The van der Waals surface area contributed by atoms with Gasteiger partial charge in [0.1, 0.15) is 0 Å². The smallest absolute Gasteiger partial charge is 0.0802 e. The van der Waals surface area contributed by atoms with E-state index in [1.165, 1.54) is 5.56 Å². The topological polar surface area (TPSA) is 21.3 Å². The van der Waals surface area contributed by atoms with Gasteiger partial charge in [-0.3, -0.25) is 0 Å². The van der Waals surface area contributed by atoms with Crippen molar-refractivity contribution in [1.29, 1.82) is 0 Å². The second kappa shape index (κ2) is 5.10. The van der Waals surface area contributed by atoms with Crippen LogP contribution in [0.15, 0.2) is 43.0 Å². The van der Waals surface area contributed by atoms with Crippen LogP contribution >= 0.6 is 0 Å². The fourth-order valence-electron chi connectivity index (χ4n) is 1.99. The molecule has 0 bridgehead atoms. The number of rotatable bonds is 3. The zero-order valence-corrected chi connectivity index (χ0v) is 8.86. The van der Waals surface area contributed by atoms with Crippen molar-refractivity contribution < 1.29 is 4.74 Å². The summed E-state index contributed by atoms with van der Waals surface area (Å²) in [6.07, 6.45) is 2.20. The van der Waals surface area contributed by atoms with Gasteiger partial charge in [-0.2, -0.15) is 0 Å². The van der Waals surface area contributed by atoms with Crippen LogP contribution in [0.5, 0.6) is 0 Å². The molecule has 80 valence electrons. The summed E-state index contributed by atoms with van der Waals surface area (Å²) in [6.45, 7) is 6.56. The molecule has 1 aliphatic rings. The van der Waals surface area contributed by atoms with Gasteiger partial charge >= 0.3 is 0 Å². The highest BCUT2D eigenvalue weighted by Crippen LogP contribution is 2.23. The van der Waals surface area contributed by atoms with Crippen LogP contribution in [-0.4, -0.2) is 25.8 Å². The average molecular weight is 203 g/mol. The Balaban J connectivity index is 2.12. The van der Waals surface area contributed by atoms with Crippen molar-refractivity contribution in [1.82, 2.24) is 5.32 Å². The van der Waals surface area contributed by atoms with E-state index in [9.17, 15) is 0 Å². The van der Waals surface area contributed by atoms with Crippen molar-refractivity contribution in [2.45, 2.75) is 12.0 Å². The largest absolute Gasteiger partial charge is 0.375 e. The quantitative estimate of drug-likeness (QED) is 0.758. The lowest BCUT2D eigenvalue weighted by Crippen LogP contribution is -2.41. The van der Waals surface area contributed by atoms with Gasteiger partial charge in [-0.1, -0.05) is 36.4 Å². The van der Waals surface area contributed by atoms with Gasteiger partial charge in [0.15, 0.2) is 0 Å². The maximum absolute atomic E-state index is 5.75. The first-order valence-electron chi connectivity index (χ1n) is 5.41. The van der Waals surface area contributed by atoms with E-state index in [-0.39, 0.29) is 6.10 Å². The summed E-state index contributed by atoms with van der Waals surface area (Å²) in [4.78, 5) is 0. The van der Waals surface area contributed by atoms with Gasteiger partial charge in [-0.05, 0) is 5.56 Å². The van der Waals surface area contributed by atoms with E-state index in [0.29, 0.717) is 5.92 Å². The zero-order chi connectivity index (χ0) is 10.5. The first kappa shape index (κ1) is 10.4. The SMILES string of the molecule is C=CC(c1ccccc1)C1CNCCO1. The van der Waals surface area contributed by atoms with E-state index < -0.39 is 0 Å². The predicted molar refractivity (Wildman–Crippen MR) is 62.0 cm³/mol. The van der Waals surface area contributed by atoms with Crippen molar-refractivity contribution in [3.8, 4) is 0 Å². The predicted octanol–water partition coefficient (Wildman–Crippen LogP) is 1.94. The third-order valence-corrected chi connectivity index (χ3v) is 2.80. The third-order valence-electron chi connectivity index (χ3n) is 2.80. The summed E-state index contributed by atoms with van der Waals surface area (Å²) in [7, 11) is 0. The van der Waals surface area contributed by atoms with Gasteiger partial charge in [0.25, 0.3) is 0 Å².